The van der Waals surface area contributed by atoms with Gasteiger partial charge in [-0.25, -0.2) is 4.68 Å². The van der Waals surface area contributed by atoms with Gasteiger partial charge < -0.3 is 10.2 Å². The third-order valence-electron chi connectivity index (χ3n) is 7.12. The smallest absolute Gasteiger partial charge is 0.253 e. The van der Waals surface area contributed by atoms with E-state index < -0.39 is 0 Å². The maximum absolute atomic E-state index is 13.0. The lowest BCUT2D eigenvalue weighted by Crippen LogP contribution is -2.52. The van der Waals surface area contributed by atoms with Crippen molar-refractivity contribution in [2.75, 3.05) is 26.2 Å². The van der Waals surface area contributed by atoms with Crippen molar-refractivity contribution in [2.24, 2.45) is 5.92 Å². The lowest BCUT2D eigenvalue weighted by Gasteiger charge is -2.40. The number of benzene rings is 1. The molecule has 2 aliphatic carbocycles. The van der Waals surface area contributed by atoms with E-state index in [1.54, 1.807) is 10.9 Å². The van der Waals surface area contributed by atoms with Crippen LogP contribution in [0, 0.1) is 5.92 Å². The van der Waals surface area contributed by atoms with E-state index in [4.69, 9.17) is 0 Å². The van der Waals surface area contributed by atoms with Gasteiger partial charge in [0.1, 0.15) is 0 Å². The quantitative estimate of drug-likeness (QED) is 0.757. The minimum Gasteiger partial charge on any atom is -0.352 e. The van der Waals surface area contributed by atoms with Crippen LogP contribution in [-0.4, -0.2) is 63.6 Å². The molecule has 5 rings (SSSR count). The lowest BCUT2D eigenvalue weighted by atomic mass is 9.94. The Morgan fingerprint density at radius 2 is 1.66 bits per heavy atom. The minimum absolute atomic E-state index is 0.115. The highest BCUT2D eigenvalue weighted by Crippen LogP contribution is 2.28. The molecule has 0 radical (unpaired) electrons. The van der Waals surface area contributed by atoms with Gasteiger partial charge in [-0.3, -0.25) is 14.5 Å². The molecule has 7 nitrogen and oxygen atoms in total. The summed E-state index contributed by atoms with van der Waals surface area (Å²) in [4.78, 5) is 29.4. The summed E-state index contributed by atoms with van der Waals surface area (Å²) in [5.74, 6) is 0.467. The van der Waals surface area contributed by atoms with Crippen LogP contribution in [0.5, 0.6) is 0 Å². The van der Waals surface area contributed by atoms with Crippen molar-refractivity contribution in [1.82, 2.24) is 24.9 Å². The van der Waals surface area contributed by atoms with Crippen molar-refractivity contribution < 1.29 is 9.59 Å². The number of hydrogen-bond acceptors (Lipinski definition) is 4. The van der Waals surface area contributed by atoms with Gasteiger partial charge in [0.15, 0.2) is 0 Å². The number of carbonyl (C=O) groups excluding carboxylic acids is 2. The van der Waals surface area contributed by atoms with Crippen LogP contribution in [-0.2, 0) is 11.3 Å². The highest BCUT2D eigenvalue weighted by Gasteiger charge is 2.29. The average Bonchev–Trinajstić information content (AvgIpc) is 3.61. The normalized spacial score (nSPS) is 20.3. The second-order valence-electron chi connectivity index (χ2n) is 9.45. The molecular weight excluding hydrogens is 402 g/mol. The van der Waals surface area contributed by atoms with Gasteiger partial charge in [0, 0.05) is 62.0 Å². The second kappa shape index (κ2) is 9.45. The van der Waals surface area contributed by atoms with Crippen molar-refractivity contribution >= 4 is 11.8 Å². The van der Waals surface area contributed by atoms with Crippen molar-refractivity contribution in [2.45, 2.75) is 57.5 Å². The summed E-state index contributed by atoms with van der Waals surface area (Å²) in [5, 5.41) is 7.37. The maximum atomic E-state index is 13.0. The van der Waals surface area contributed by atoms with Gasteiger partial charge in [-0.15, -0.1) is 0 Å². The minimum atomic E-state index is 0.115. The highest BCUT2D eigenvalue weighted by atomic mass is 16.2. The van der Waals surface area contributed by atoms with E-state index in [-0.39, 0.29) is 17.7 Å². The Hall–Kier alpha value is -2.67. The summed E-state index contributed by atoms with van der Waals surface area (Å²) in [7, 11) is 0. The molecule has 32 heavy (non-hydrogen) atoms. The van der Waals surface area contributed by atoms with Crippen LogP contribution in [0.3, 0.4) is 0 Å². The van der Waals surface area contributed by atoms with Crippen molar-refractivity contribution in [3.05, 3.63) is 47.8 Å². The Morgan fingerprint density at radius 1 is 0.938 bits per heavy atom. The van der Waals surface area contributed by atoms with Gasteiger partial charge >= 0.3 is 0 Å². The summed E-state index contributed by atoms with van der Waals surface area (Å²) in [6, 6.07) is 8.38. The van der Waals surface area contributed by atoms with Crippen LogP contribution < -0.4 is 5.32 Å². The van der Waals surface area contributed by atoms with Crippen LogP contribution in [0.2, 0.25) is 0 Å². The van der Waals surface area contributed by atoms with E-state index in [1.165, 1.54) is 32.1 Å². The van der Waals surface area contributed by atoms with Crippen LogP contribution in [0.4, 0.5) is 0 Å². The van der Waals surface area contributed by atoms with Gasteiger partial charge in [-0.1, -0.05) is 19.3 Å². The molecule has 0 spiro atoms. The Kier molecular flexibility index (Phi) is 6.26. The number of nitrogens with one attached hydrogen (secondary N) is 1. The molecule has 7 heteroatoms. The van der Waals surface area contributed by atoms with Crippen molar-refractivity contribution in [3.63, 3.8) is 0 Å². The first-order valence-corrected chi connectivity index (χ1v) is 12.1. The zero-order chi connectivity index (χ0) is 21.9. The Bertz CT molecular complexity index is 935. The molecule has 170 valence electrons. The molecule has 2 amide bonds. The van der Waals surface area contributed by atoms with Gasteiger partial charge in [-0.2, -0.15) is 5.10 Å². The SMILES string of the molecule is O=C(NCc1cnn(-c2ccc(C(=O)N3CCN(C4CCCCC4)CC3)cc2)c1)C1CC1. The van der Waals surface area contributed by atoms with Gasteiger partial charge in [0.25, 0.3) is 5.91 Å². The molecule has 3 fully saturated rings. The molecule has 0 atom stereocenters. The molecular formula is C25H33N5O2. The number of piperazine rings is 1. The summed E-state index contributed by atoms with van der Waals surface area (Å²) >= 11 is 0. The summed E-state index contributed by atoms with van der Waals surface area (Å²) in [6.45, 7) is 4.10. The van der Waals surface area contributed by atoms with E-state index in [1.807, 2.05) is 35.4 Å². The monoisotopic (exact) mass is 435 g/mol. The van der Waals surface area contributed by atoms with Crippen LogP contribution in [0.15, 0.2) is 36.7 Å². The molecule has 2 heterocycles. The summed E-state index contributed by atoms with van der Waals surface area (Å²) < 4.78 is 1.79. The molecule has 0 unspecified atom stereocenters. The maximum Gasteiger partial charge on any atom is 0.253 e. The van der Waals surface area contributed by atoms with Crippen LogP contribution in [0.25, 0.3) is 5.69 Å². The van der Waals surface area contributed by atoms with Gasteiger partial charge in [0.05, 0.1) is 11.9 Å². The van der Waals surface area contributed by atoms with E-state index in [0.29, 0.717) is 6.54 Å². The number of rotatable bonds is 6. The zero-order valence-corrected chi connectivity index (χ0v) is 18.7. The van der Waals surface area contributed by atoms with Crippen LogP contribution >= 0.6 is 0 Å². The largest absolute Gasteiger partial charge is 0.352 e. The van der Waals surface area contributed by atoms with E-state index >= 15 is 0 Å². The predicted octanol–water partition coefficient (Wildman–Crippen LogP) is 2.99. The Balaban J connectivity index is 1.14. The van der Waals surface area contributed by atoms with E-state index in [0.717, 1.165) is 61.9 Å². The fourth-order valence-electron chi connectivity index (χ4n) is 4.95. The summed E-state index contributed by atoms with van der Waals surface area (Å²) in [5.41, 5.74) is 2.60. The topological polar surface area (TPSA) is 70.5 Å². The molecule has 1 N–H and O–H groups in total. The zero-order valence-electron chi connectivity index (χ0n) is 18.7. The highest BCUT2D eigenvalue weighted by molar-refractivity contribution is 5.94. The third-order valence-corrected chi connectivity index (χ3v) is 7.12. The number of aromatic nitrogens is 2. The average molecular weight is 436 g/mol. The van der Waals surface area contributed by atoms with Crippen molar-refractivity contribution in [3.8, 4) is 5.69 Å². The first-order valence-electron chi connectivity index (χ1n) is 12.1. The van der Waals surface area contributed by atoms with E-state index in [9.17, 15) is 9.59 Å². The van der Waals surface area contributed by atoms with Crippen molar-refractivity contribution in [1.29, 1.82) is 0 Å². The molecule has 1 aliphatic heterocycles. The Morgan fingerprint density at radius 3 is 2.34 bits per heavy atom. The number of hydrogen-bond donors (Lipinski definition) is 1. The Labute approximate surface area is 189 Å². The first-order chi connectivity index (χ1) is 15.7. The first kappa shape index (κ1) is 21.2. The number of nitrogens with zero attached hydrogens (tertiary/aromatic N) is 4. The molecule has 0 bridgehead atoms. The third kappa shape index (κ3) is 4.88. The predicted molar refractivity (Wildman–Crippen MR) is 122 cm³/mol. The van der Waals surface area contributed by atoms with Gasteiger partial charge in [-0.05, 0) is 49.9 Å². The van der Waals surface area contributed by atoms with Crippen LogP contribution in [0.1, 0.15) is 60.9 Å². The lowest BCUT2D eigenvalue weighted by molar-refractivity contribution is -0.122. The fourth-order valence-corrected chi connectivity index (χ4v) is 4.95. The second-order valence-corrected chi connectivity index (χ2v) is 9.45. The van der Waals surface area contributed by atoms with Gasteiger partial charge in [0.2, 0.25) is 5.91 Å². The molecule has 3 aliphatic rings. The fraction of sp³-hybridized carbons (Fsp3) is 0.560. The number of amides is 2. The number of carbonyl (C=O) groups is 2. The standard InChI is InChI=1S/C25H33N5O2/c31-24(20-6-7-20)26-16-19-17-27-30(18-19)23-10-8-21(9-11-23)25(32)29-14-12-28(13-15-29)22-4-2-1-3-5-22/h8-11,17-18,20,22H,1-7,12-16H2,(H,26,31). The van der Waals surface area contributed by atoms with E-state index in [2.05, 4.69) is 15.3 Å². The molecule has 1 saturated heterocycles. The molecule has 1 aromatic heterocycles. The molecule has 2 saturated carbocycles. The summed E-state index contributed by atoms with van der Waals surface area (Å²) in [6.07, 6.45) is 12.4. The molecule has 1 aromatic carbocycles. The molecule has 2 aromatic rings.